The van der Waals surface area contributed by atoms with E-state index in [-0.39, 0.29) is 16.7 Å². The highest BCUT2D eigenvalue weighted by atomic mass is 32.2. The summed E-state index contributed by atoms with van der Waals surface area (Å²) in [6.45, 7) is 3.64. The molecule has 0 spiro atoms. The Balaban J connectivity index is 1.58. The topological polar surface area (TPSA) is 114 Å². The summed E-state index contributed by atoms with van der Waals surface area (Å²) in [5, 5.41) is 5.57. The molecule has 0 aliphatic carbocycles. The van der Waals surface area contributed by atoms with Crippen LogP contribution < -0.4 is 15.4 Å². The molecule has 9 heteroatoms. The zero-order valence-corrected chi connectivity index (χ0v) is 19.6. The third-order valence-corrected chi connectivity index (χ3v) is 6.19. The number of rotatable bonds is 11. The van der Waals surface area contributed by atoms with E-state index >= 15 is 0 Å². The van der Waals surface area contributed by atoms with E-state index in [9.17, 15) is 18.0 Å². The fraction of sp³-hybridized carbons (Fsp3) is 0.200. The molecule has 0 atom stereocenters. The van der Waals surface area contributed by atoms with Gasteiger partial charge < -0.3 is 15.4 Å². The Kier molecular flexibility index (Phi) is 8.78. The monoisotopic (exact) mass is 481 g/mol. The predicted octanol–water partition coefficient (Wildman–Crippen LogP) is 3.90. The summed E-state index contributed by atoms with van der Waals surface area (Å²) < 4.78 is 32.6. The van der Waals surface area contributed by atoms with E-state index in [0.717, 1.165) is 0 Å². The fourth-order valence-corrected chi connectivity index (χ4v) is 4.15. The van der Waals surface area contributed by atoms with Crippen molar-refractivity contribution in [2.75, 3.05) is 29.8 Å². The second kappa shape index (κ2) is 12.0. The van der Waals surface area contributed by atoms with Crippen LogP contribution in [0.3, 0.4) is 0 Å². The molecule has 0 fully saturated rings. The maximum Gasteiger partial charge on any atom is 0.261 e. The largest absolute Gasteiger partial charge is 0.382 e. The van der Waals surface area contributed by atoms with E-state index in [1.165, 1.54) is 36.4 Å². The minimum absolute atomic E-state index is 0.148. The zero-order chi connectivity index (χ0) is 24.4. The molecule has 0 saturated carbocycles. The first-order valence-electron chi connectivity index (χ1n) is 10.8. The minimum Gasteiger partial charge on any atom is -0.382 e. The number of hydrogen-bond acceptors (Lipinski definition) is 5. The van der Waals surface area contributed by atoms with E-state index < -0.39 is 10.0 Å². The molecule has 3 N–H and O–H groups in total. The summed E-state index contributed by atoms with van der Waals surface area (Å²) in [7, 11) is -3.71. The third-order valence-electron chi connectivity index (χ3n) is 4.79. The van der Waals surface area contributed by atoms with Gasteiger partial charge in [-0.1, -0.05) is 24.3 Å². The number of ether oxygens (including phenoxy) is 1. The zero-order valence-electron chi connectivity index (χ0n) is 18.8. The molecule has 0 heterocycles. The smallest absolute Gasteiger partial charge is 0.261 e. The van der Waals surface area contributed by atoms with Crippen LogP contribution in [0.5, 0.6) is 0 Å². The van der Waals surface area contributed by atoms with Crippen LogP contribution in [0.4, 0.5) is 11.4 Å². The van der Waals surface area contributed by atoms with Crippen LogP contribution in [0.2, 0.25) is 0 Å². The van der Waals surface area contributed by atoms with Gasteiger partial charge in [0.2, 0.25) is 0 Å². The van der Waals surface area contributed by atoms with Gasteiger partial charge in [0.25, 0.3) is 21.8 Å². The molecule has 2 amide bonds. The summed E-state index contributed by atoms with van der Waals surface area (Å²) in [5.74, 6) is -0.616. The normalized spacial score (nSPS) is 11.0. The lowest BCUT2D eigenvalue weighted by Gasteiger charge is -2.10. The highest BCUT2D eigenvalue weighted by Gasteiger charge is 2.14. The van der Waals surface area contributed by atoms with Crippen molar-refractivity contribution in [3.05, 3.63) is 90.0 Å². The second-order valence-corrected chi connectivity index (χ2v) is 9.02. The van der Waals surface area contributed by atoms with Crippen molar-refractivity contribution in [2.24, 2.45) is 0 Å². The highest BCUT2D eigenvalue weighted by Crippen LogP contribution is 2.18. The van der Waals surface area contributed by atoms with Gasteiger partial charge >= 0.3 is 0 Å². The molecular weight excluding hydrogens is 454 g/mol. The lowest BCUT2D eigenvalue weighted by molar-refractivity contribution is 0.0943. The predicted molar refractivity (Wildman–Crippen MR) is 132 cm³/mol. The van der Waals surface area contributed by atoms with E-state index in [1.54, 1.807) is 42.5 Å². The molecule has 0 radical (unpaired) electrons. The van der Waals surface area contributed by atoms with Crippen LogP contribution >= 0.6 is 0 Å². The van der Waals surface area contributed by atoms with E-state index in [1.807, 2.05) is 6.92 Å². The SMILES string of the molecule is CCOCCCNC(=O)c1cccc(NC(=O)c2ccc(NS(=O)(=O)c3ccccc3)cc2)c1. The molecule has 34 heavy (non-hydrogen) atoms. The number of sulfonamides is 1. The van der Waals surface area contributed by atoms with Crippen LogP contribution in [0, 0.1) is 0 Å². The van der Waals surface area contributed by atoms with Crippen molar-refractivity contribution < 1.29 is 22.7 Å². The molecule has 0 unspecified atom stereocenters. The average molecular weight is 482 g/mol. The van der Waals surface area contributed by atoms with E-state index in [2.05, 4.69) is 15.4 Å². The van der Waals surface area contributed by atoms with Gasteiger partial charge in [0.1, 0.15) is 0 Å². The van der Waals surface area contributed by atoms with Gasteiger partial charge in [-0.25, -0.2) is 8.42 Å². The third kappa shape index (κ3) is 7.16. The van der Waals surface area contributed by atoms with E-state index in [0.29, 0.717) is 48.7 Å². The number of carbonyl (C=O) groups excluding carboxylic acids is 2. The molecule has 3 aromatic carbocycles. The minimum atomic E-state index is -3.71. The summed E-state index contributed by atoms with van der Waals surface area (Å²) in [4.78, 5) is 25.1. The number of benzene rings is 3. The lowest BCUT2D eigenvalue weighted by Crippen LogP contribution is -2.25. The summed E-state index contributed by atoms with van der Waals surface area (Å²) in [6, 6.07) is 20.7. The van der Waals surface area contributed by atoms with Crippen LogP contribution in [0.25, 0.3) is 0 Å². The first-order valence-corrected chi connectivity index (χ1v) is 12.3. The Bertz CT molecular complexity index is 1210. The quantitative estimate of drug-likeness (QED) is 0.360. The van der Waals surface area contributed by atoms with Crippen LogP contribution in [-0.2, 0) is 14.8 Å². The maximum atomic E-state index is 12.6. The second-order valence-electron chi connectivity index (χ2n) is 7.34. The van der Waals surface area contributed by atoms with E-state index in [4.69, 9.17) is 4.74 Å². The maximum absolute atomic E-state index is 12.6. The standard InChI is InChI=1S/C25H27N3O5S/c1-2-33-17-7-16-26-24(29)20-8-6-9-22(18-20)27-25(30)19-12-14-21(15-13-19)28-34(31,32)23-10-4-3-5-11-23/h3-6,8-15,18,28H,2,7,16-17H2,1H3,(H,26,29)(H,27,30). The van der Waals surface area contributed by atoms with Gasteiger partial charge in [-0.2, -0.15) is 0 Å². The molecule has 0 aliphatic rings. The first-order chi connectivity index (χ1) is 16.4. The van der Waals surface area contributed by atoms with Crippen molar-refractivity contribution in [2.45, 2.75) is 18.2 Å². The molecule has 0 aromatic heterocycles. The van der Waals surface area contributed by atoms with Gasteiger partial charge in [-0.15, -0.1) is 0 Å². The molecule has 3 rings (SSSR count). The molecule has 0 aliphatic heterocycles. The number of amides is 2. The van der Waals surface area contributed by atoms with Crippen LogP contribution in [0.1, 0.15) is 34.1 Å². The number of anilines is 2. The molecule has 0 saturated heterocycles. The number of carbonyl (C=O) groups is 2. The molecular formula is C25H27N3O5S. The molecule has 8 nitrogen and oxygen atoms in total. The Morgan fingerprint density at radius 3 is 2.26 bits per heavy atom. The Hall–Kier alpha value is -3.69. The van der Waals surface area contributed by atoms with Gasteiger partial charge in [0, 0.05) is 42.3 Å². The van der Waals surface area contributed by atoms with Gasteiger partial charge in [-0.3, -0.25) is 14.3 Å². The molecule has 0 bridgehead atoms. The summed E-state index contributed by atoms with van der Waals surface area (Å²) in [6.07, 6.45) is 0.716. The van der Waals surface area contributed by atoms with Gasteiger partial charge in [0.15, 0.2) is 0 Å². The molecule has 3 aromatic rings. The number of hydrogen-bond donors (Lipinski definition) is 3. The fourth-order valence-electron chi connectivity index (χ4n) is 3.07. The first kappa shape index (κ1) is 24.9. The van der Waals surface area contributed by atoms with Crippen molar-refractivity contribution in [1.29, 1.82) is 0 Å². The van der Waals surface area contributed by atoms with Crippen LogP contribution in [-0.4, -0.2) is 40.0 Å². The van der Waals surface area contributed by atoms with Crippen molar-refractivity contribution >= 4 is 33.2 Å². The average Bonchev–Trinajstić information content (AvgIpc) is 2.84. The highest BCUT2D eigenvalue weighted by molar-refractivity contribution is 7.92. The summed E-state index contributed by atoms with van der Waals surface area (Å²) >= 11 is 0. The van der Waals surface area contributed by atoms with Gasteiger partial charge in [-0.05, 0) is 67.9 Å². The number of nitrogens with one attached hydrogen (secondary N) is 3. The van der Waals surface area contributed by atoms with Crippen molar-refractivity contribution in [1.82, 2.24) is 5.32 Å². The van der Waals surface area contributed by atoms with Gasteiger partial charge in [0.05, 0.1) is 4.90 Å². The Morgan fingerprint density at radius 2 is 1.56 bits per heavy atom. The van der Waals surface area contributed by atoms with Crippen molar-refractivity contribution in [3.8, 4) is 0 Å². The summed E-state index contributed by atoms with van der Waals surface area (Å²) in [5.41, 5.74) is 1.58. The Morgan fingerprint density at radius 1 is 0.824 bits per heavy atom. The van der Waals surface area contributed by atoms with Crippen LogP contribution in [0.15, 0.2) is 83.8 Å². The molecule has 178 valence electrons. The Labute approximate surface area is 199 Å². The van der Waals surface area contributed by atoms with Crippen molar-refractivity contribution in [3.63, 3.8) is 0 Å². The lowest BCUT2D eigenvalue weighted by atomic mass is 10.1.